The summed E-state index contributed by atoms with van der Waals surface area (Å²) in [5.41, 5.74) is 0.0472. The number of carbonyl (C=O) groups is 2. The second kappa shape index (κ2) is 5.66. The van der Waals surface area contributed by atoms with E-state index >= 15 is 0 Å². The fourth-order valence-corrected chi connectivity index (χ4v) is 5.46. The Hall–Kier alpha value is -1.84. The fraction of sp³-hybridized carbons (Fsp3) is 0.579. The number of esters is 1. The second-order valence-corrected chi connectivity index (χ2v) is 7.57. The Balaban J connectivity index is 1.44. The molecule has 0 unspecified atom stereocenters. The molecule has 0 amide bonds. The maximum Gasteiger partial charge on any atom is 0.339 e. The third kappa shape index (κ3) is 2.75. The molecule has 4 fully saturated rings. The zero-order valence-electron chi connectivity index (χ0n) is 13.1. The average Bonchev–Trinajstić information content (AvgIpc) is 2.50. The first-order chi connectivity index (χ1) is 11.1. The summed E-state index contributed by atoms with van der Waals surface area (Å²) in [5, 5.41) is 9.17. The van der Waals surface area contributed by atoms with E-state index in [1.807, 2.05) is 0 Å². The minimum atomic E-state index is -1.07. The summed E-state index contributed by atoms with van der Waals surface area (Å²) in [6.07, 6.45) is 6.93. The highest BCUT2D eigenvalue weighted by atomic mass is 16.5. The Bertz CT molecular complexity index is 608. The lowest BCUT2D eigenvalue weighted by Crippen LogP contribution is -2.45. The summed E-state index contributed by atoms with van der Waals surface area (Å²) in [7, 11) is 0. The molecule has 0 heterocycles. The molecule has 4 aliphatic rings. The third-order valence-electron chi connectivity index (χ3n) is 6.17. The van der Waals surface area contributed by atoms with Gasteiger partial charge in [-0.05, 0) is 73.8 Å². The van der Waals surface area contributed by atoms with Gasteiger partial charge in [0.1, 0.15) is 11.3 Å². The monoisotopic (exact) mass is 314 g/mol. The smallest absolute Gasteiger partial charge is 0.339 e. The van der Waals surface area contributed by atoms with E-state index in [-0.39, 0.29) is 17.3 Å². The van der Waals surface area contributed by atoms with Crippen molar-refractivity contribution >= 4 is 11.9 Å². The van der Waals surface area contributed by atoms with Gasteiger partial charge in [0.2, 0.25) is 0 Å². The first-order valence-electron chi connectivity index (χ1n) is 8.63. The molecular weight excluding hydrogens is 292 g/mol. The molecule has 1 N–H and O–H groups in total. The largest absolute Gasteiger partial charge is 0.478 e. The summed E-state index contributed by atoms with van der Waals surface area (Å²) in [5.74, 6) is 2.37. The van der Waals surface area contributed by atoms with Gasteiger partial charge in [-0.25, -0.2) is 4.79 Å². The summed E-state index contributed by atoms with van der Waals surface area (Å²) < 4.78 is 5.39. The molecular formula is C19H22O4. The van der Waals surface area contributed by atoms with Crippen molar-refractivity contribution in [1.29, 1.82) is 0 Å². The van der Waals surface area contributed by atoms with Crippen molar-refractivity contribution in [3.63, 3.8) is 0 Å². The normalized spacial score (nSPS) is 34.3. The molecule has 4 heteroatoms. The molecule has 1 aromatic carbocycles. The van der Waals surface area contributed by atoms with E-state index in [4.69, 9.17) is 4.74 Å². The molecule has 1 aromatic rings. The Morgan fingerprint density at radius 2 is 1.61 bits per heavy atom. The number of carboxylic acids is 1. The number of para-hydroxylation sites is 1. The molecule has 5 rings (SSSR count). The standard InChI is InChI=1S/C19H22O4/c20-18(23-17-4-2-1-3-15(17)19(21)22)10-16-13-6-11-5-12(8-13)9-14(16)7-11/h1-4,11-14,16H,5-10H2,(H,21,22). The molecule has 4 nitrogen and oxygen atoms in total. The maximum atomic E-state index is 12.4. The first-order valence-corrected chi connectivity index (χ1v) is 8.63. The number of hydrogen-bond acceptors (Lipinski definition) is 3. The molecule has 4 bridgehead atoms. The van der Waals surface area contributed by atoms with Crippen molar-refractivity contribution in [1.82, 2.24) is 0 Å². The lowest BCUT2D eigenvalue weighted by atomic mass is 9.51. The predicted molar refractivity (Wildman–Crippen MR) is 84.2 cm³/mol. The number of benzene rings is 1. The van der Waals surface area contributed by atoms with E-state index in [1.165, 1.54) is 38.2 Å². The van der Waals surface area contributed by atoms with Crippen LogP contribution in [0.3, 0.4) is 0 Å². The summed E-state index contributed by atoms with van der Waals surface area (Å²) in [4.78, 5) is 23.6. The average molecular weight is 314 g/mol. The third-order valence-corrected chi connectivity index (χ3v) is 6.17. The first kappa shape index (κ1) is 14.7. The van der Waals surface area contributed by atoms with Gasteiger partial charge in [0.05, 0.1) is 0 Å². The molecule has 0 aromatic heterocycles. The molecule has 4 aliphatic carbocycles. The lowest BCUT2D eigenvalue weighted by molar-refractivity contribution is -0.139. The summed E-state index contributed by atoms with van der Waals surface area (Å²) in [6, 6.07) is 6.35. The Morgan fingerprint density at radius 3 is 2.22 bits per heavy atom. The molecule has 23 heavy (non-hydrogen) atoms. The van der Waals surface area contributed by atoms with E-state index in [9.17, 15) is 14.7 Å². The molecule has 4 saturated carbocycles. The molecule has 0 atom stereocenters. The molecule has 0 saturated heterocycles. The van der Waals surface area contributed by atoms with Gasteiger partial charge in [-0.15, -0.1) is 0 Å². The van der Waals surface area contributed by atoms with E-state index in [1.54, 1.807) is 18.2 Å². The van der Waals surface area contributed by atoms with Crippen LogP contribution < -0.4 is 4.74 Å². The predicted octanol–water partition coefficient (Wildman–Crippen LogP) is 3.75. The van der Waals surface area contributed by atoms with Crippen LogP contribution in [-0.4, -0.2) is 17.0 Å². The van der Waals surface area contributed by atoms with Crippen LogP contribution in [0.25, 0.3) is 0 Å². The van der Waals surface area contributed by atoms with Gasteiger partial charge in [-0.1, -0.05) is 12.1 Å². The van der Waals surface area contributed by atoms with Crippen LogP contribution in [-0.2, 0) is 4.79 Å². The van der Waals surface area contributed by atoms with E-state index < -0.39 is 5.97 Å². The number of aromatic carboxylic acids is 1. The number of hydrogen-bond donors (Lipinski definition) is 1. The van der Waals surface area contributed by atoms with Crippen molar-refractivity contribution < 1.29 is 19.4 Å². The zero-order valence-corrected chi connectivity index (χ0v) is 13.1. The van der Waals surface area contributed by atoms with Gasteiger partial charge in [-0.3, -0.25) is 4.79 Å². The number of rotatable bonds is 4. The fourth-order valence-electron chi connectivity index (χ4n) is 5.46. The van der Waals surface area contributed by atoms with Crippen LogP contribution >= 0.6 is 0 Å². The highest BCUT2D eigenvalue weighted by Gasteiger charge is 2.48. The zero-order chi connectivity index (χ0) is 16.0. The van der Waals surface area contributed by atoms with E-state index in [2.05, 4.69) is 0 Å². The minimum Gasteiger partial charge on any atom is -0.478 e. The summed E-state index contributed by atoms with van der Waals surface area (Å²) >= 11 is 0. The van der Waals surface area contributed by atoms with Crippen molar-refractivity contribution in [2.24, 2.45) is 29.6 Å². The number of carboxylic acid groups (broad SMARTS) is 1. The quantitative estimate of drug-likeness (QED) is 0.679. The Kier molecular flexibility index (Phi) is 3.63. The van der Waals surface area contributed by atoms with Crippen LogP contribution in [0.1, 0.15) is 48.9 Å². The number of carbonyl (C=O) groups excluding carboxylic acids is 1. The lowest BCUT2D eigenvalue weighted by Gasteiger charge is -2.54. The Morgan fingerprint density at radius 1 is 1.00 bits per heavy atom. The van der Waals surface area contributed by atoms with E-state index in [0.717, 1.165) is 11.8 Å². The van der Waals surface area contributed by atoms with Crippen LogP contribution in [0, 0.1) is 29.6 Å². The SMILES string of the molecule is O=C(CC1C2CC3CC(C2)CC1C3)Oc1ccccc1C(=O)O. The van der Waals surface area contributed by atoms with Crippen molar-refractivity contribution in [2.45, 2.75) is 38.5 Å². The summed E-state index contributed by atoms with van der Waals surface area (Å²) in [6.45, 7) is 0. The van der Waals surface area contributed by atoms with E-state index in [0.29, 0.717) is 24.2 Å². The van der Waals surface area contributed by atoms with Gasteiger partial charge in [-0.2, -0.15) is 0 Å². The van der Waals surface area contributed by atoms with Gasteiger partial charge in [0.15, 0.2) is 0 Å². The minimum absolute atomic E-state index is 0.0472. The van der Waals surface area contributed by atoms with Crippen molar-refractivity contribution in [2.75, 3.05) is 0 Å². The maximum absolute atomic E-state index is 12.4. The molecule has 0 radical (unpaired) electrons. The van der Waals surface area contributed by atoms with Crippen LogP contribution in [0.5, 0.6) is 5.75 Å². The van der Waals surface area contributed by atoms with Gasteiger partial charge in [0.25, 0.3) is 0 Å². The Labute approximate surface area is 135 Å². The van der Waals surface area contributed by atoms with Crippen molar-refractivity contribution in [3.05, 3.63) is 29.8 Å². The second-order valence-electron chi connectivity index (χ2n) is 7.57. The molecule has 0 aliphatic heterocycles. The van der Waals surface area contributed by atoms with Crippen LogP contribution in [0.2, 0.25) is 0 Å². The molecule has 0 spiro atoms. The highest BCUT2D eigenvalue weighted by molar-refractivity contribution is 5.92. The van der Waals surface area contributed by atoms with Gasteiger partial charge >= 0.3 is 11.9 Å². The molecule has 122 valence electrons. The van der Waals surface area contributed by atoms with Gasteiger partial charge < -0.3 is 9.84 Å². The highest BCUT2D eigenvalue weighted by Crippen LogP contribution is 2.57. The number of ether oxygens (including phenoxy) is 1. The van der Waals surface area contributed by atoms with Gasteiger partial charge in [0, 0.05) is 6.42 Å². The van der Waals surface area contributed by atoms with Crippen LogP contribution in [0.4, 0.5) is 0 Å². The van der Waals surface area contributed by atoms with Crippen molar-refractivity contribution in [3.8, 4) is 5.75 Å². The topological polar surface area (TPSA) is 63.6 Å². The van der Waals surface area contributed by atoms with Crippen LogP contribution in [0.15, 0.2) is 24.3 Å².